The Balaban J connectivity index is 2.45. The molecule has 0 fully saturated rings. The summed E-state index contributed by atoms with van der Waals surface area (Å²) in [5.74, 6) is -0.933. The minimum atomic E-state index is -0.490. The fourth-order valence-electron chi connectivity index (χ4n) is 1.74. The smallest absolute Gasteiger partial charge is 0.299 e. The van der Waals surface area contributed by atoms with Gasteiger partial charge in [0.05, 0.1) is 11.3 Å². The van der Waals surface area contributed by atoms with Crippen LogP contribution in [-0.2, 0) is 4.79 Å². The number of anilines is 1. The van der Waals surface area contributed by atoms with Crippen molar-refractivity contribution in [3.8, 4) is 0 Å². The van der Waals surface area contributed by atoms with Crippen molar-refractivity contribution < 1.29 is 9.59 Å². The number of carbonyl (C=O) groups excluding carboxylic acids is 2. The molecule has 0 N–H and O–H groups in total. The van der Waals surface area contributed by atoms with E-state index in [1.165, 1.54) is 10.4 Å². The molecule has 0 aromatic heterocycles. The quantitative estimate of drug-likeness (QED) is 0.738. The highest BCUT2D eigenvalue weighted by Crippen LogP contribution is 2.29. The average Bonchev–Trinajstić information content (AvgIpc) is 2.50. The second-order valence-corrected chi connectivity index (χ2v) is 3.88. The van der Waals surface area contributed by atoms with Crippen molar-refractivity contribution in [3.05, 3.63) is 40.9 Å². The Morgan fingerprint density at radius 1 is 1.38 bits per heavy atom. The third kappa shape index (κ3) is 1.63. The fraction of sp³-hybridized carbons (Fsp3) is 0.167. The van der Waals surface area contributed by atoms with Gasteiger partial charge in [-0.3, -0.25) is 9.59 Å². The molecule has 0 unspecified atom stereocenters. The lowest BCUT2D eigenvalue weighted by molar-refractivity contribution is -0.114. The number of halogens is 1. The highest BCUT2D eigenvalue weighted by atomic mass is 35.5. The highest BCUT2D eigenvalue weighted by molar-refractivity contribution is 6.52. The van der Waals surface area contributed by atoms with E-state index in [4.69, 9.17) is 11.6 Å². The zero-order chi connectivity index (χ0) is 11.7. The standard InChI is InChI=1S/C12H10ClNO2/c1-8-3-4-10-9(7-8)11(15)12(16)14(10)6-2-5-13/h2-5,7H,6H2,1H3/b5-2+. The number of carbonyl (C=O) groups is 2. The third-order valence-electron chi connectivity index (χ3n) is 2.50. The molecule has 1 aliphatic rings. The number of hydrogen-bond acceptors (Lipinski definition) is 2. The van der Waals surface area contributed by atoms with Crippen molar-refractivity contribution in [1.29, 1.82) is 0 Å². The maximum atomic E-state index is 11.7. The van der Waals surface area contributed by atoms with Gasteiger partial charge < -0.3 is 4.90 Å². The van der Waals surface area contributed by atoms with Crippen LogP contribution in [0.4, 0.5) is 5.69 Å². The Morgan fingerprint density at radius 3 is 2.81 bits per heavy atom. The van der Waals surface area contributed by atoms with Gasteiger partial charge in [-0.25, -0.2) is 0 Å². The molecule has 0 radical (unpaired) electrons. The van der Waals surface area contributed by atoms with Gasteiger partial charge in [-0.1, -0.05) is 29.3 Å². The summed E-state index contributed by atoms with van der Waals surface area (Å²) in [6.45, 7) is 2.21. The lowest BCUT2D eigenvalue weighted by atomic mass is 10.1. The van der Waals surface area contributed by atoms with Crippen LogP contribution in [0.25, 0.3) is 0 Å². The van der Waals surface area contributed by atoms with Gasteiger partial charge in [-0.2, -0.15) is 0 Å². The van der Waals surface area contributed by atoms with E-state index >= 15 is 0 Å². The number of benzene rings is 1. The Morgan fingerprint density at radius 2 is 2.12 bits per heavy atom. The van der Waals surface area contributed by atoms with Crippen LogP contribution in [-0.4, -0.2) is 18.2 Å². The zero-order valence-corrected chi connectivity index (χ0v) is 9.49. The summed E-state index contributed by atoms with van der Waals surface area (Å²) in [5.41, 5.74) is 3.45. The molecule has 0 aliphatic carbocycles. The maximum absolute atomic E-state index is 11.7. The van der Waals surface area contributed by atoms with Crippen molar-refractivity contribution in [1.82, 2.24) is 0 Å². The Labute approximate surface area is 98.3 Å². The summed E-state index contributed by atoms with van der Waals surface area (Å²) in [6.07, 6.45) is 1.63. The number of hydrogen-bond donors (Lipinski definition) is 0. The first-order chi connectivity index (χ1) is 7.65. The summed E-state index contributed by atoms with van der Waals surface area (Å²) >= 11 is 5.41. The van der Waals surface area contributed by atoms with Gasteiger partial charge in [-0.15, -0.1) is 0 Å². The van der Waals surface area contributed by atoms with Crippen LogP contribution in [0.1, 0.15) is 15.9 Å². The van der Waals surface area contributed by atoms with Crippen molar-refractivity contribution in [2.45, 2.75) is 6.92 Å². The number of ketones is 1. The van der Waals surface area contributed by atoms with Crippen LogP contribution < -0.4 is 4.90 Å². The van der Waals surface area contributed by atoms with Crippen LogP contribution in [0.5, 0.6) is 0 Å². The Hall–Kier alpha value is -1.61. The molecule has 0 saturated carbocycles. The molecule has 4 heteroatoms. The van der Waals surface area contributed by atoms with Gasteiger partial charge in [-0.05, 0) is 19.1 Å². The van der Waals surface area contributed by atoms with Crippen molar-refractivity contribution in [2.24, 2.45) is 0 Å². The maximum Gasteiger partial charge on any atom is 0.299 e. The van der Waals surface area contributed by atoms with E-state index in [9.17, 15) is 9.59 Å². The Bertz CT molecular complexity index is 494. The van der Waals surface area contributed by atoms with Crippen LogP contribution in [0.3, 0.4) is 0 Å². The second-order valence-electron chi connectivity index (χ2n) is 3.63. The fourth-order valence-corrected chi connectivity index (χ4v) is 1.82. The minimum absolute atomic E-state index is 0.324. The SMILES string of the molecule is Cc1ccc2c(c1)C(=O)C(=O)N2C/C=C/Cl. The molecule has 0 spiro atoms. The van der Waals surface area contributed by atoms with Gasteiger partial charge in [0.15, 0.2) is 0 Å². The molecule has 0 atom stereocenters. The summed E-state index contributed by atoms with van der Waals surface area (Å²) in [5, 5.41) is 0. The first-order valence-corrected chi connectivity index (χ1v) is 5.31. The predicted octanol–water partition coefficient (Wildman–Crippen LogP) is 2.28. The van der Waals surface area contributed by atoms with Crippen LogP contribution >= 0.6 is 11.6 Å². The van der Waals surface area contributed by atoms with Crippen LogP contribution in [0.2, 0.25) is 0 Å². The van der Waals surface area contributed by atoms with Crippen LogP contribution in [0, 0.1) is 6.92 Å². The van der Waals surface area contributed by atoms with Crippen molar-refractivity contribution in [3.63, 3.8) is 0 Å². The molecule has 1 aromatic rings. The number of Topliss-reactive ketones (excluding diaryl/α,β-unsaturated/α-hetero) is 1. The van der Waals surface area contributed by atoms with E-state index in [2.05, 4.69) is 0 Å². The normalized spacial score (nSPS) is 15.0. The molecule has 3 nitrogen and oxygen atoms in total. The lowest BCUT2D eigenvalue weighted by Gasteiger charge is -2.13. The van der Waals surface area contributed by atoms with E-state index < -0.39 is 11.7 Å². The van der Waals surface area contributed by atoms with Gasteiger partial charge in [0.2, 0.25) is 0 Å². The molecule has 1 heterocycles. The molecule has 1 amide bonds. The molecule has 82 valence electrons. The summed E-state index contributed by atoms with van der Waals surface area (Å²) in [4.78, 5) is 24.8. The number of nitrogens with zero attached hydrogens (tertiary/aromatic N) is 1. The number of aryl methyl sites for hydroxylation is 1. The molecule has 1 aliphatic heterocycles. The molecular formula is C12H10ClNO2. The van der Waals surface area contributed by atoms with Gasteiger partial charge in [0.1, 0.15) is 0 Å². The summed E-state index contributed by atoms with van der Waals surface area (Å²) < 4.78 is 0. The summed E-state index contributed by atoms with van der Waals surface area (Å²) in [7, 11) is 0. The number of fused-ring (bicyclic) bond motifs is 1. The van der Waals surface area contributed by atoms with E-state index in [0.29, 0.717) is 17.8 Å². The van der Waals surface area contributed by atoms with E-state index in [1.54, 1.807) is 18.2 Å². The molecule has 16 heavy (non-hydrogen) atoms. The topological polar surface area (TPSA) is 37.4 Å². The van der Waals surface area contributed by atoms with Crippen LogP contribution in [0.15, 0.2) is 29.8 Å². The van der Waals surface area contributed by atoms with Crippen molar-refractivity contribution >= 4 is 29.0 Å². The predicted molar refractivity (Wildman–Crippen MR) is 62.9 cm³/mol. The first-order valence-electron chi connectivity index (χ1n) is 4.87. The highest BCUT2D eigenvalue weighted by Gasteiger charge is 2.34. The molecule has 0 saturated heterocycles. The average molecular weight is 236 g/mol. The second kappa shape index (κ2) is 4.10. The van der Waals surface area contributed by atoms with Gasteiger partial charge >= 0.3 is 0 Å². The van der Waals surface area contributed by atoms with E-state index in [-0.39, 0.29) is 0 Å². The third-order valence-corrected chi connectivity index (χ3v) is 2.68. The molecule has 0 bridgehead atoms. The molecule has 2 rings (SSSR count). The van der Waals surface area contributed by atoms with Crippen molar-refractivity contribution in [2.75, 3.05) is 11.4 Å². The summed E-state index contributed by atoms with van der Waals surface area (Å²) in [6, 6.07) is 5.40. The van der Waals surface area contributed by atoms with E-state index in [1.807, 2.05) is 13.0 Å². The van der Waals surface area contributed by atoms with Gasteiger partial charge in [0.25, 0.3) is 11.7 Å². The number of amides is 1. The first kappa shape index (κ1) is 10.9. The van der Waals surface area contributed by atoms with E-state index in [0.717, 1.165) is 5.56 Å². The largest absolute Gasteiger partial charge is 0.301 e. The minimum Gasteiger partial charge on any atom is -0.301 e. The molecular weight excluding hydrogens is 226 g/mol. The molecule has 1 aromatic carbocycles. The number of rotatable bonds is 2. The lowest BCUT2D eigenvalue weighted by Crippen LogP contribution is -2.29. The monoisotopic (exact) mass is 235 g/mol. The zero-order valence-electron chi connectivity index (χ0n) is 8.74. The van der Waals surface area contributed by atoms with Gasteiger partial charge in [0, 0.05) is 12.1 Å². The Kier molecular flexibility index (Phi) is 2.79.